The molecular weight excluding hydrogens is 449 g/mol. The van der Waals surface area contributed by atoms with Gasteiger partial charge in [-0.1, -0.05) is 0 Å². The van der Waals surface area contributed by atoms with Gasteiger partial charge in [-0.25, -0.2) is 13.2 Å². The largest absolute Gasteiger partial charge is 0.452 e. The number of esters is 1. The molecule has 4 fully saturated rings. The molecule has 4 saturated carbocycles. The molecule has 2 N–H and O–H groups in total. The summed E-state index contributed by atoms with van der Waals surface area (Å²) in [6.45, 7) is 0.830. The third-order valence-corrected chi connectivity index (χ3v) is 7.25. The Morgan fingerprint density at radius 2 is 1.78 bits per heavy atom. The quantitative estimate of drug-likeness (QED) is 0.376. The average Bonchev–Trinajstić information content (AvgIpc) is 2.70. The summed E-state index contributed by atoms with van der Waals surface area (Å²) in [5, 5.41) is 4.34. The molecule has 0 heterocycles. The van der Waals surface area contributed by atoms with Crippen LogP contribution in [0.25, 0.3) is 0 Å². The summed E-state index contributed by atoms with van der Waals surface area (Å²) in [6, 6.07) is 1.54. The fourth-order valence-electron chi connectivity index (χ4n) is 5.86. The second kappa shape index (κ2) is 8.24. The highest BCUT2D eigenvalue weighted by Gasteiger charge is 2.61. The Morgan fingerprint density at radius 3 is 2.41 bits per heavy atom. The van der Waals surface area contributed by atoms with Crippen molar-refractivity contribution in [1.29, 1.82) is 0 Å². The molecule has 32 heavy (non-hydrogen) atoms. The first-order valence-electron chi connectivity index (χ1n) is 10.6. The second-order valence-electron chi connectivity index (χ2n) is 9.43. The first-order chi connectivity index (χ1) is 15.0. The molecule has 0 aliphatic heterocycles. The van der Waals surface area contributed by atoms with E-state index in [2.05, 4.69) is 5.32 Å². The van der Waals surface area contributed by atoms with Crippen molar-refractivity contribution < 1.29 is 32.3 Å². The van der Waals surface area contributed by atoms with Gasteiger partial charge in [0.1, 0.15) is 0 Å². The van der Waals surface area contributed by atoms with Gasteiger partial charge in [0.15, 0.2) is 23.6 Å². The van der Waals surface area contributed by atoms with Crippen molar-refractivity contribution in [2.24, 2.45) is 17.3 Å². The molecule has 4 aliphatic carbocycles. The Morgan fingerprint density at radius 1 is 1.12 bits per heavy atom. The third kappa shape index (κ3) is 4.31. The number of nitrogens with one attached hydrogen (secondary N) is 2. The number of benzene rings is 1. The van der Waals surface area contributed by atoms with E-state index in [0.29, 0.717) is 37.2 Å². The van der Waals surface area contributed by atoms with Gasteiger partial charge in [0.25, 0.3) is 5.91 Å². The molecule has 3 atom stereocenters. The fraction of sp³-hybridized carbons (Fsp3) is 0.591. The van der Waals surface area contributed by atoms with E-state index in [9.17, 15) is 27.6 Å². The van der Waals surface area contributed by atoms with Crippen LogP contribution in [0.15, 0.2) is 12.1 Å². The highest BCUT2D eigenvalue weighted by molar-refractivity contribution is 6.24. The molecule has 0 saturated heterocycles. The highest BCUT2D eigenvalue weighted by Crippen LogP contribution is 2.64. The van der Waals surface area contributed by atoms with E-state index in [1.54, 1.807) is 0 Å². The Bertz CT molecular complexity index is 959. The summed E-state index contributed by atoms with van der Waals surface area (Å²) >= 11 is 6.74. The minimum absolute atomic E-state index is 0.373. The fourth-order valence-corrected chi connectivity index (χ4v) is 6.55. The van der Waals surface area contributed by atoms with Crippen LogP contribution in [-0.4, -0.2) is 35.3 Å². The van der Waals surface area contributed by atoms with Gasteiger partial charge in [-0.15, -0.1) is 11.6 Å². The van der Waals surface area contributed by atoms with Crippen molar-refractivity contribution in [2.45, 2.75) is 56.4 Å². The van der Waals surface area contributed by atoms with Gasteiger partial charge in [0.05, 0.1) is 17.6 Å². The molecule has 5 rings (SSSR count). The van der Waals surface area contributed by atoms with E-state index < -0.39 is 59.0 Å². The standard InChI is InChI=1S/C22H24ClF3N2O4/c1-11(19(30)27-9-16(29)28-15-3-2-14(24)17(25)18(15)26)32-20(31)21-5-12-4-13(6-21)8-22(23,7-12)10-21/h2-3,11-13H,4-10H2,1H3,(H,27,30)(H,28,29)/t11-,12-,13-,21?,22?/m1/s1. The molecule has 10 heteroatoms. The van der Waals surface area contributed by atoms with E-state index in [-0.39, 0.29) is 4.87 Å². The molecule has 0 radical (unpaired) electrons. The number of hydrogen-bond donors (Lipinski definition) is 2. The lowest BCUT2D eigenvalue weighted by atomic mass is 9.49. The second-order valence-corrected chi connectivity index (χ2v) is 10.2. The van der Waals surface area contributed by atoms with Crippen LogP contribution < -0.4 is 10.6 Å². The van der Waals surface area contributed by atoms with Gasteiger partial charge in [-0.05, 0) is 69.4 Å². The summed E-state index contributed by atoms with van der Waals surface area (Å²) in [7, 11) is 0. The molecular formula is C22H24ClF3N2O4. The van der Waals surface area contributed by atoms with Gasteiger partial charge in [0, 0.05) is 4.87 Å². The normalized spacial score (nSPS) is 31.2. The predicted octanol–water partition coefficient (Wildman–Crippen LogP) is 3.67. The number of hydrogen-bond acceptors (Lipinski definition) is 4. The first-order valence-corrected chi connectivity index (χ1v) is 11.0. The van der Waals surface area contributed by atoms with Gasteiger partial charge < -0.3 is 15.4 Å². The maximum Gasteiger partial charge on any atom is 0.312 e. The lowest BCUT2D eigenvalue weighted by Gasteiger charge is -2.58. The molecule has 4 bridgehead atoms. The van der Waals surface area contributed by atoms with Gasteiger partial charge in [-0.2, -0.15) is 0 Å². The smallest absolute Gasteiger partial charge is 0.312 e. The maximum atomic E-state index is 13.6. The number of carbonyl (C=O) groups excluding carboxylic acids is 3. The summed E-state index contributed by atoms with van der Waals surface area (Å²) in [5.74, 6) is -5.85. The van der Waals surface area contributed by atoms with Crippen LogP contribution in [0.2, 0.25) is 0 Å². The SMILES string of the molecule is C[C@@H](OC(=O)C12C[C@H]3C[C@@H](CC(Cl)(C3)C1)C2)C(=O)NCC(=O)Nc1ccc(F)c(F)c1F. The van der Waals surface area contributed by atoms with Gasteiger partial charge in [0.2, 0.25) is 5.91 Å². The molecule has 2 amide bonds. The molecule has 1 aromatic carbocycles. The van der Waals surface area contributed by atoms with Gasteiger partial charge >= 0.3 is 5.97 Å². The molecule has 0 unspecified atom stereocenters. The third-order valence-electron chi connectivity index (χ3n) is 6.81. The Balaban J connectivity index is 1.29. The van der Waals surface area contributed by atoms with E-state index in [1.165, 1.54) is 6.92 Å². The minimum Gasteiger partial charge on any atom is -0.452 e. The van der Waals surface area contributed by atoms with Crippen molar-refractivity contribution in [3.63, 3.8) is 0 Å². The number of alkyl halides is 1. The molecule has 0 aromatic heterocycles. The summed E-state index contributed by atoms with van der Waals surface area (Å²) in [6.07, 6.45) is 3.72. The van der Waals surface area contributed by atoms with Crippen LogP contribution in [0.5, 0.6) is 0 Å². The van der Waals surface area contributed by atoms with Crippen molar-refractivity contribution in [1.82, 2.24) is 5.32 Å². The lowest BCUT2D eigenvalue weighted by molar-refractivity contribution is -0.177. The molecule has 174 valence electrons. The number of amides is 2. The first kappa shape index (κ1) is 22.9. The predicted molar refractivity (Wildman–Crippen MR) is 109 cm³/mol. The van der Waals surface area contributed by atoms with Crippen molar-refractivity contribution in [3.8, 4) is 0 Å². The van der Waals surface area contributed by atoms with Crippen molar-refractivity contribution in [2.75, 3.05) is 11.9 Å². The lowest BCUT2D eigenvalue weighted by Crippen LogP contribution is -2.57. The summed E-state index contributed by atoms with van der Waals surface area (Å²) in [4.78, 5) is 36.9. The van der Waals surface area contributed by atoms with E-state index >= 15 is 0 Å². The van der Waals surface area contributed by atoms with Gasteiger partial charge in [-0.3, -0.25) is 14.4 Å². The van der Waals surface area contributed by atoms with Crippen LogP contribution in [0.4, 0.5) is 18.9 Å². The number of ether oxygens (including phenoxy) is 1. The topological polar surface area (TPSA) is 84.5 Å². The zero-order chi connectivity index (χ0) is 23.3. The van der Waals surface area contributed by atoms with Crippen LogP contribution >= 0.6 is 11.6 Å². The van der Waals surface area contributed by atoms with E-state index in [1.807, 2.05) is 5.32 Å². The van der Waals surface area contributed by atoms with Crippen molar-refractivity contribution >= 4 is 35.1 Å². The van der Waals surface area contributed by atoms with Crippen LogP contribution in [0.1, 0.15) is 45.4 Å². The number of rotatable bonds is 6. The number of carbonyl (C=O) groups is 3. The van der Waals surface area contributed by atoms with E-state index in [4.69, 9.17) is 16.3 Å². The summed E-state index contributed by atoms with van der Waals surface area (Å²) < 4.78 is 45.3. The number of anilines is 1. The van der Waals surface area contributed by atoms with Crippen LogP contribution in [-0.2, 0) is 19.1 Å². The zero-order valence-electron chi connectivity index (χ0n) is 17.5. The zero-order valence-corrected chi connectivity index (χ0v) is 18.2. The highest BCUT2D eigenvalue weighted by atomic mass is 35.5. The Hall–Kier alpha value is -2.29. The monoisotopic (exact) mass is 472 g/mol. The maximum absolute atomic E-state index is 13.6. The van der Waals surface area contributed by atoms with Crippen LogP contribution in [0, 0.1) is 34.7 Å². The van der Waals surface area contributed by atoms with Crippen LogP contribution in [0.3, 0.4) is 0 Å². The van der Waals surface area contributed by atoms with E-state index in [0.717, 1.165) is 25.3 Å². The average molecular weight is 473 g/mol. The number of halogens is 4. The Kier molecular flexibility index (Phi) is 5.90. The Labute approximate surface area is 188 Å². The molecule has 0 spiro atoms. The van der Waals surface area contributed by atoms with Crippen molar-refractivity contribution in [3.05, 3.63) is 29.6 Å². The molecule has 4 aliphatic rings. The molecule has 6 nitrogen and oxygen atoms in total. The molecule has 1 aromatic rings. The summed E-state index contributed by atoms with van der Waals surface area (Å²) in [5.41, 5.74) is -1.22. The minimum atomic E-state index is -1.71.